The molecule has 2 rings (SSSR count). The summed E-state index contributed by atoms with van der Waals surface area (Å²) in [4.78, 5) is 14.1. The summed E-state index contributed by atoms with van der Waals surface area (Å²) in [5.41, 5.74) is 8.87. The average molecular weight is 289 g/mol. The molecule has 0 radical (unpaired) electrons. The third-order valence-corrected chi connectivity index (χ3v) is 3.63. The number of nitrogens with zero attached hydrogens (tertiary/aromatic N) is 1. The van der Waals surface area contributed by atoms with Crippen LogP contribution in [0, 0.1) is 6.92 Å². The number of carbonyl (C=O) groups is 1. The molecule has 0 unspecified atom stereocenters. The van der Waals surface area contributed by atoms with E-state index in [2.05, 4.69) is 0 Å². The zero-order valence-electron chi connectivity index (χ0n) is 11.6. The van der Waals surface area contributed by atoms with Gasteiger partial charge in [-0.25, -0.2) is 0 Å². The number of carbonyl (C=O) groups excluding carboxylic acids is 1. The van der Waals surface area contributed by atoms with E-state index in [0.29, 0.717) is 22.8 Å². The molecule has 0 fully saturated rings. The number of anilines is 1. The van der Waals surface area contributed by atoms with Crippen molar-refractivity contribution in [2.75, 3.05) is 12.8 Å². The van der Waals surface area contributed by atoms with Gasteiger partial charge in [0, 0.05) is 29.9 Å². The van der Waals surface area contributed by atoms with Crippen LogP contribution in [0.1, 0.15) is 21.5 Å². The highest BCUT2D eigenvalue weighted by atomic mass is 35.5. The fourth-order valence-electron chi connectivity index (χ4n) is 2.08. The molecule has 0 aliphatic rings. The van der Waals surface area contributed by atoms with Crippen molar-refractivity contribution in [1.29, 1.82) is 0 Å². The number of nitrogens with two attached hydrogens (primary N) is 1. The summed E-state index contributed by atoms with van der Waals surface area (Å²) in [5.74, 6) is -0.0487. The van der Waals surface area contributed by atoms with Gasteiger partial charge in [0.15, 0.2) is 0 Å². The van der Waals surface area contributed by atoms with Gasteiger partial charge in [-0.05, 0) is 42.3 Å². The first-order valence-electron chi connectivity index (χ1n) is 6.34. The largest absolute Gasteiger partial charge is 0.399 e. The van der Waals surface area contributed by atoms with Crippen LogP contribution in [0.15, 0.2) is 42.5 Å². The van der Waals surface area contributed by atoms with Gasteiger partial charge in [-0.1, -0.05) is 29.8 Å². The third kappa shape index (κ3) is 3.11. The van der Waals surface area contributed by atoms with E-state index in [-0.39, 0.29) is 5.91 Å². The van der Waals surface area contributed by atoms with E-state index in [1.165, 1.54) is 0 Å². The topological polar surface area (TPSA) is 46.3 Å². The molecule has 20 heavy (non-hydrogen) atoms. The van der Waals surface area contributed by atoms with Crippen molar-refractivity contribution in [3.05, 3.63) is 64.2 Å². The van der Waals surface area contributed by atoms with E-state index in [1.807, 2.05) is 31.2 Å². The Bertz CT molecular complexity index is 640. The van der Waals surface area contributed by atoms with Gasteiger partial charge in [0.05, 0.1) is 0 Å². The second-order valence-corrected chi connectivity index (χ2v) is 5.23. The Labute approximate surface area is 124 Å². The van der Waals surface area contributed by atoms with Crippen LogP contribution < -0.4 is 5.73 Å². The maximum atomic E-state index is 12.4. The molecule has 1 amide bonds. The van der Waals surface area contributed by atoms with Crippen molar-refractivity contribution < 1.29 is 4.79 Å². The van der Waals surface area contributed by atoms with Crippen LogP contribution in [0.2, 0.25) is 5.02 Å². The Morgan fingerprint density at radius 3 is 2.65 bits per heavy atom. The van der Waals surface area contributed by atoms with Gasteiger partial charge in [0.2, 0.25) is 0 Å². The van der Waals surface area contributed by atoms with Crippen LogP contribution in [-0.4, -0.2) is 17.9 Å². The van der Waals surface area contributed by atoms with E-state index in [9.17, 15) is 4.79 Å². The Morgan fingerprint density at radius 1 is 1.25 bits per heavy atom. The van der Waals surface area contributed by atoms with Crippen molar-refractivity contribution in [3.63, 3.8) is 0 Å². The molecular formula is C16H17ClN2O. The second-order valence-electron chi connectivity index (χ2n) is 4.82. The normalized spacial score (nSPS) is 10.3. The van der Waals surface area contributed by atoms with E-state index in [1.54, 1.807) is 30.1 Å². The van der Waals surface area contributed by atoms with Gasteiger partial charge in [-0.15, -0.1) is 0 Å². The second kappa shape index (κ2) is 5.97. The Balaban J connectivity index is 2.19. The zero-order valence-corrected chi connectivity index (χ0v) is 12.3. The average Bonchev–Trinajstić information content (AvgIpc) is 2.41. The standard InChI is InChI=1S/C16H17ClN2O/c1-11-14(7-4-8-15(11)17)16(20)19(2)10-12-5-3-6-13(18)9-12/h3-9H,10,18H2,1-2H3. The fraction of sp³-hybridized carbons (Fsp3) is 0.188. The number of nitrogen functional groups attached to an aromatic ring is 1. The molecule has 0 bridgehead atoms. The minimum atomic E-state index is -0.0487. The number of benzene rings is 2. The third-order valence-electron chi connectivity index (χ3n) is 3.22. The maximum Gasteiger partial charge on any atom is 0.254 e. The highest BCUT2D eigenvalue weighted by Crippen LogP contribution is 2.20. The minimum Gasteiger partial charge on any atom is -0.399 e. The van der Waals surface area contributed by atoms with Crippen LogP contribution >= 0.6 is 11.6 Å². The van der Waals surface area contributed by atoms with Crippen LogP contribution in [0.4, 0.5) is 5.69 Å². The molecule has 4 heteroatoms. The SMILES string of the molecule is Cc1c(Cl)cccc1C(=O)N(C)Cc1cccc(N)c1. The first-order chi connectivity index (χ1) is 9.49. The Morgan fingerprint density at radius 2 is 1.95 bits per heavy atom. The van der Waals surface area contributed by atoms with Crippen LogP contribution in [-0.2, 0) is 6.54 Å². The quantitative estimate of drug-likeness (QED) is 0.879. The van der Waals surface area contributed by atoms with Crippen molar-refractivity contribution in [3.8, 4) is 0 Å². The highest BCUT2D eigenvalue weighted by Gasteiger charge is 2.15. The molecule has 0 heterocycles. The fourth-order valence-corrected chi connectivity index (χ4v) is 2.26. The summed E-state index contributed by atoms with van der Waals surface area (Å²) in [6.45, 7) is 2.36. The van der Waals surface area contributed by atoms with Crippen molar-refractivity contribution >= 4 is 23.2 Å². The lowest BCUT2D eigenvalue weighted by Crippen LogP contribution is -2.26. The first-order valence-corrected chi connectivity index (χ1v) is 6.72. The molecule has 0 saturated carbocycles. The minimum absolute atomic E-state index is 0.0487. The monoisotopic (exact) mass is 288 g/mol. The van der Waals surface area contributed by atoms with Gasteiger partial charge >= 0.3 is 0 Å². The summed E-state index contributed by atoms with van der Waals surface area (Å²) in [7, 11) is 1.77. The Kier molecular flexibility index (Phi) is 4.30. The number of amides is 1. The molecule has 0 spiro atoms. The van der Waals surface area contributed by atoms with Crippen molar-refractivity contribution in [1.82, 2.24) is 4.90 Å². The highest BCUT2D eigenvalue weighted by molar-refractivity contribution is 6.31. The zero-order chi connectivity index (χ0) is 14.7. The molecule has 2 aromatic rings. The smallest absolute Gasteiger partial charge is 0.254 e. The number of hydrogen-bond acceptors (Lipinski definition) is 2. The van der Waals surface area contributed by atoms with Crippen LogP contribution in [0.25, 0.3) is 0 Å². The molecular weight excluding hydrogens is 272 g/mol. The predicted molar refractivity (Wildman–Crippen MR) is 82.8 cm³/mol. The molecule has 0 aliphatic carbocycles. The molecule has 0 aromatic heterocycles. The van der Waals surface area contributed by atoms with Crippen LogP contribution in [0.5, 0.6) is 0 Å². The first kappa shape index (κ1) is 14.4. The molecule has 2 aromatic carbocycles. The lowest BCUT2D eigenvalue weighted by molar-refractivity contribution is 0.0784. The summed E-state index contributed by atoms with van der Waals surface area (Å²) in [6, 6.07) is 12.9. The molecule has 2 N–H and O–H groups in total. The number of hydrogen-bond donors (Lipinski definition) is 1. The molecule has 3 nitrogen and oxygen atoms in total. The molecule has 0 atom stereocenters. The van der Waals surface area contributed by atoms with E-state index in [4.69, 9.17) is 17.3 Å². The lowest BCUT2D eigenvalue weighted by atomic mass is 10.1. The molecule has 0 saturated heterocycles. The van der Waals surface area contributed by atoms with Gasteiger partial charge in [0.25, 0.3) is 5.91 Å². The van der Waals surface area contributed by atoms with Crippen molar-refractivity contribution in [2.45, 2.75) is 13.5 Å². The van der Waals surface area contributed by atoms with Gasteiger partial charge in [0.1, 0.15) is 0 Å². The summed E-state index contributed by atoms with van der Waals surface area (Å²) >= 11 is 6.06. The molecule has 104 valence electrons. The van der Waals surface area contributed by atoms with E-state index < -0.39 is 0 Å². The number of halogens is 1. The predicted octanol–water partition coefficient (Wildman–Crippen LogP) is 3.50. The van der Waals surface area contributed by atoms with Gasteiger partial charge in [-0.2, -0.15) is 0 Å². The molecule has 0 aliphatic heterocycles. The van der Waals surface area contributed by atoms with E-state index >= 15 is 0 Å². The van der Waals surface area contributed by atoms with Gasteiger partial charge < -0.3 is 10.6 Å². The maximum absolute atomic E-state index is 12.4. The summed E-state index contributed by atoms with van der Waals surface area (Å²) in [6.07, 6.45) is 0. The van der Waals surface area contributed by atoms with Crippen molar-refractivity contribution in [2.24, 2.45) is 0 Å². The van der Waals surface area contributed by atoms with E-state index in [0.717, 1.165) is 11.1 Å². The summed E-state index contributed by atoms with van der Waals surface area (Å²) in [5, 5.41) is 0.605. The van der Waals surface area contributed by atoms with Crippen LogP contribution in [0.3, 0.4) is 0 Å². The lowest BCUT2D eigenvalue weighted by Gasteiger charge is -2.19. The van der Waals surface area contributed by atoms with Gasteiger partial charge in [-0.3, -0.25) is 4.79 Å². The summed E-state index contributed by atoms with van der Waals surface area (Å²) < 4.78 is 0. The number of rotatable bonds is 3. The Hall–Kier alpha value is -2.00.